The van der Waals surface area contributed by atoms with Gasteiger partial charge in [-0.25, -0.2) is 15.0 Å². The molecular weight excluding hydrogens is 2790 g/mol. The summed E-state index contributed by atoms with van der Waals surface area (Å²) >= 11 is 0. The first-order valence-corrected chi connectivity index (χ1v) is 45.8. The summed E-state index contributed by atoms with van der Waals surface area (Å²) in [6.07, 6.45) is 28.7. The van der Waals surface area contributed by atoms with Crippen LogP contribution in [-0.2, 0) is 149 Å². The molecule has 0 bridgehead atoms. The minimum Gasteiger partial charge on any atom is -0.344 e. The summed E-state index contributed by atoms with van der Waals surface area (Å²) in [5, 5.41) is 51.7. The smallest absolute Gasteiger partial charge is 0.344 e. The van der Waals surface area contributed by atoms with Gasteiger partial charge in [0.15, 0.2) is 0 Å². The number of alkyl halides is 3. The normalized spacial score (nSPS) is 11.5. The van der Waals surface area contributed by atoms with Crippen molar-refractivity contribution >= 4 is 5.82 Å². The summed E-state index contributed by atoms with van der Waals surface area (Å²) in [5.74, 6) is 6.66. The second-order valence-electron chi connectivity index (χ2n) is 38.2. The van der Waals surface area contributed by atoms with Gasteiger partial charge in [0.25, 0.3) is 0 Å². The summed E-state index contributed by atoms with van der Waals surface area (Å²) < 4.78 is 54.0. The van der Waals surface area contributed by atoms with Crippen LogP contribution in [0.1, 0.15) is 208 Å². The number of aromatic nitrogens is 30. The first-order chi connectivity index (χ1) is 68.6. The Morgan fingerprint density at radius 1 is 0.255 bits per heavy atom. The molecule has 149 heavy (non-hydrogen) atoms. The molecule has 766 valence electrons. The van der Waals surface area contributed by atoms with Crippen molar-refractivity contribution in [2.24, 2.45) is 0 Å². The fourth-order valence-electron chi connectivity index (χ4n) is 14.7. The van der Waals surface area contributed by atoms with Crippen LogP contribution in [0.25, 0.3) is 63.0 Å². The fourth-order valence-corrected chi connectivity index (χ4v) is 14.7. The van der Waals surface area contributed by atoms with Gasteiger partial charge >= 0.3 is 117 Å². The molecule has 0 radical (unpaired) electrons. The predicted octanol–water partition coefficient (Wildman–Crippen LogP) is 18.8. The Labute approximate surface area is 934 Å². The van der Waals surface area contributed by atoms with E-state index in [2.05, 4.69) is 196 Å². The van der Waals surface area contributed by atoms with Gasteiger partial charge in [0.2, 0.25) is 0 Å². The van der Waals surface area contributed by atoms with Gasteiger partial charge in [-0.05, 0) is 187 Å². The van der Waals surface area contributed by atoms with E-state index < -0.39 is 33.5 Å². The van der Waals surface area contributed by atoms with Crippen LogP contribution >= 0.6 is 0 Å². The van der Waals surface area contributed by atoms with Crippen LogP contribution in [0.2, 0.25) is 0 Å². The molecule has 20 rings (SSSR count). The summed E-state index contributed by atoms with van der Waals surface area (Å²) in [6.45, 7) is 46.2. The van der Waals surface area contributed by atoms with Crippen LogP contribution in [0.15, 0.2) is 255 Å². The standard InChI is InChI=1S/C27H32N6.C21H17F3N6.C21H14N8.C21H20N6.C19H16N6.5Pt/c1-25(2,3)19-15-17-32(30-19)23-13-9-11-21(28-23)27(7,8)22-12-10-14-24(29-22)33-18-16-20(31-33)26(4,5)6;1-14-10-12-29(27-14)18-8-4-6-15(25-18)20(2,3)16-7-5-9-19(26-16)30-13-11-17(28-30)21(22,23)24;1-21(2,16-6-4-8-19(24-16)28-12-10-15(14-22)26-28)17-7-5-9-20(25-17)29-13-11-18(23-3)27-29;1-15-11-13-26(24-15)19-9-5-7-17(22-19)21(3,4)18-8-6-10-20(23-18)27-14-12-16(2)25-27;1-19(2,15-7-3-9-17(22-15)24-13-5-11-20-24)16-8-4-10-18(23-16)25-14-6-12-21-25;;;;;/h9-16H,1-8H3;4-11H,1-3H3;4-11H,1-2H3;5-12H,1-4H3;3-12H,1-2H3;;;;;/q5*-2;5*+2. The number of pyridine rings is 10. The number of hydrogen-bond acceptors (Lipinski definition) is 21. The molecule has 0 aliphatic rings. The largest absolute Gasteiger partial charge is 2.00 e. The Kier molecular flexibility index (Phi) is 37.1. The van der Waals surface area contributed by atoms with E-state index in [0.29, 0.717) is 23.1 Å². The van der Waals surface area contributed by atoms with Crippen LogP contribution in [0.4, 0.5) is 19.0 Å². The fraction of sp³-hybridized carbons (Fsp3) is 0.248. The van der Waals surface area contributed by atoms with Crippen molar-refractivity contribution in [2.45, 2.75) is 176 Å². The van der Waals surface area contributed by atoms with Gasteiger partial charge in [-0.1, -0.05) is 258 Å². The van der Waals surface area contributed by atoms with Crippen LogP contribution in [0, 0.1) is 101 Å². The molecule has 20 aromatic rings. The minimum atomic E-state index is -4.54. The Balaban J connectivity index is 0.000000176. The maximum Gasteiger partial charge on any atom is 2.00 e. The first-order valence-electron chi connectivity index (χ1n) is 45.8. The molecule has 0 spiro atoms. The van der Waals surface area contributed by atoms with Crippen molar-refractivity contribution in [3.8, 4) is 64.2 Å². The minimum absolute atomic E-state index is 0. The van der Waals surface area contributed by atoms with Crippen molar-refractivity contribution in [1.82, 2.24) is 148 Å². The molecule has 0 N–H and O–H groups in total. The third kappa shape index (κ3) is 26.9. The van der Waals surface area contributed by atoms with Crippen LogP contribution in [0.3, 0.4) is 0 Å². The SMILES string of the molecule is CC(C)(C)c1c[c-]n(-c2cccc(C(C)(C)c3cccc(-n4[c-]cc(C(C)(C)C)n4)n3)n2)n1.CC(C)(c1cccc(-n2[c-]ccn2)n1)c1cccc(-n2[c-]ccn2)n1.Cc1c[c-]n(-c2cccc(C(C)(C)c3cccc(-n4[c-]cc(C(F)(F)F)n4)n3)n2)n1.Cc1c[c-]n(-c2cccc(C(C)(C)c3cccc(-n4[c-]cc(C)n4)n3)n2)n1.[C-]#[N+]c1c[c-]n(-c2cccc(C(C)(C)c3cccc(-n4[c-]cc(C#N)n4)n3)n2)n1.[Pt+2].[Pt+2].[Pt+2].[Pt+2].[Pt+2]. The predicted molar refractivity (Wildman–Crippen MR) is 530 cm³/mol. The number of halogens is 3. The second-order valence-corrected chi connectivity index (χ2v) is 38.2. The number of hydrogen-bond donors (Lipinski definition) is 0. The Bertz CT molecular complexity index is 7600. The molecule has 0 aromatic carbocycles. The Morgan fingerprint density at radius 2 is 0.463 bits per heavy atom. The molecule has 0 fully saturated rings. The van der Waals surface area contributed by atoms with E-state index in [0.717, 1.165) is 125 Å². The molecule has 0 atom stereocenters. The van der Waals surface area contributed by atoms with Crippen molar-refractivity contribution in [3.63, 3.8) is 0 Å². The Hall–Kier alpha value is -14.2. The molecule has 0 saturated carbocycles. The molecule has 0 aliphatic heterocycles. The van der Waals surface area contributed by atoms with Crippen molar-refractivity contribution < 1.29 is 118 Å². The van der Waals surface area contributed by atoms with E-state index in [4.69, 9.17) is 66.9 Å². The van der Waals surface area contributed by atoms with Gasteiger partial charge < -0.3 is 47.0 Å². The van der Waals surface area contributed by atoms with E-state index in [-0.39, 0.29) is 139 Å². The van der Waals surface area contributed by atoms with E-state index in [1.807, 2.05) is 237 Å². The quantitative estimate of drug-likeness (QED) is 0.0640. The molecule has 32 nitrogen and oxygen atoms in total. The molecule has 20 aromatic heterocycles. The van der Waals surface area contributed by atoms with Crippen molar-refractivity contribution in [1.29, 1.82) is 5.26 Å². The van der Waals surface area contributed by atoms with Crippen LogP contribution < -0.4 is 0 Å². The van der Waals surface area contributed by atoms with E-state index in [1.165, 1.54) is 21.5 Å². The van der Waals surface area contributed by atoms with E-state index in [1.54, 1.807) is 87.6 Å². The van der Waals surface area contributed by atoms with Crippen LogP contribution in [-0.4, -0.2) is 148 Å². The molecule has 0 saturated heterocycles. The third-order valence-electron chi connectivity index (χ3n) is 23.5. The summed E-state index contributed by atoms with van der Waals surface area (Å²) in [7, 11) is 0. The molecule has 20 heterocycles. The molecular formula is C109H99F3N32Pt5. The summed E-state index contributed by atoms with van der Waals surface area (Å²) in [5.41, 5.74) is 9.79. The first kappa shape index (κ1) is 115. The van der Waals surface area contributed by atoms with Gasteiger partial charge in [-0.2, -0.15) is 13.2 Å². The third-order valence-corrected chi connectivity index (χ3v) is 23.5. The number of aryl methyl sites for hydroxylation is 3. The van der Waals surface area contributed by atoms with Gasteiger partial charge in [-0.3, -0.25) is 90.6 Å². The summed E-state index contributed by atoms with van der Waals surface area (Å²) in [6, 6.07) is 76.1. The molecule has 0 unspecified atom stereocenters. The van der Waals surface area contributed by atoms with Gasteiger partial charge in [-0.15, -0.1) is 54.6 Å². The molecule has 0 aliphatic carbocycles. The zero-order valence-electron chi connectivity index (χ0n) is 84.3. The number of rotatable bonds is 20. The number of nitrogens with zero attached hydrogens (tertiary/aromatic N) is 32. The van der Waals surface area contributed by atoms with Crippen molar-refractivity contribution in [2.75, 3.05) is 0 Å². The zero-order valence-corrected chi connectivity index (χ0v) is 95.6. The van der Waals surface area contributed by atoms with E-state index in [9.17, 15) is 13.2 Å². The Morgan fingerprint density at radius 3 is 0.651 bits per heavy atom. The average molecular weight is 2890 g/mol. The van der Waals surface area contributed by atoms with Crippen molar-refractivity contribution in [3.05, 3.63) is 425 Å². The summed E-state index contributed by atoms with van der Waals surface area (Å²) in [4.78, 5) is 50.9. The van der Waals surface area contributed by atoms with Gasteiger partial charge in [0.1, 0.15) is 0 Å². The average Bonchev–Trinajstić information content (AvgIpc) is 1.60. The maximum atomic E-state index is 12.9. The molecule has 40 heteroatoms. The number of nitriles is 1. The molecule has 0 amide bonds. The monoisotopic (exact) mass is 2890 g/mol. The topological polar surface area (TPSA) is 335 Å². The maximum absolute atomic E-state index is 12.9. The van der Waals surface area contributed by atoms with Crippen LogP contribution in [0.5, 0.6) is 0 Å². The van der Waals surface area contributed by atoms with Gasteiger partial charge in [0, 0.05) is 84.0 Å². The second kappa shape index (κ2) is 48.0. The van der Waals surface area contributed by atoms with E-state index >= 15 is 0 Å². The van der Waals surface area contributed by atoms with Gasteiger partial charge in [0.05, 0.1) is 75.6 Å². The zero-order chi connectivity index (χ0) is 102.